The molecule has 1 rings (SSSR count). The molecule has 0 saturated heterocycles. The Kier molecular flexibility index (Phi) is 8.32. The molecule has 0 spiro atoms. The first kappa shape index (κ1) is 19.2. The molecule has 127 valence electrons. The Morgan fingerprint density at radius 3 is 2.83 bits per heavy atom. The van der Waals surface area contributed by atoms with Crippen molar-refractivity contribution in [2.45, 2.75) is 13.0 Å². The number of nitrogens with two attached hydrogens (primary N) is 1. The van der Waals surface area contributed by atoms with Crippen LogP contribution in [0.2, 0.25) is 0 Å². The Bertz CT molecular complexity index is 523. The van der Waals surface area contributed by atoms with Gasteiger partial charge in [-0.05, 0) is 19.1 Å². The van der Waals surface area contributed by atoms with E-state index >= 15 is 0 Å². The van der Waals surface area contributed by atoms with Gasteiger partial charge in [0, 0.05) is 31.6 Å². The maximum Gasteiger partial charge on any atom is 0.230 e. The van der Waals surface area contributed by atoms with Gasteiger partial charge in [-0.1, -0.05) is 6.07 Å². The Balaban J connectivity index is 2.28. The van der Waals surface area contributed by atoms with Crippen LogP contribution < -0.4 is 20.7 Å². The van der Waals surface area contributed by atoms with E-state index < -0.39 is 5.91 Å². The molecule has 1 aromatic rings. The van der Waals surface area contributed by atoms with E-state index in [1.807, 2.05) is 50.2 Å². The van der Waals surface area contributed by atoms with Crippen LogP contribution in [0.25, 0.3) is 0 Å². The molecule has 0 aromatic heterocycles. The van der Waals surface area contributed by atoms with Gasteiger partial charge < -0.3 is 20.7 Å². The summed E-state index contributed by atoms with van der Waals surface area (Å²) in [5, 5.41) is 2.80. The van der Waals surface area contributed by atoms with Crippen LogP contribution in [0.5, 0.6) is 5.75 Å². The van der Waals surface area contributed by atoms with Gasteiger partial charge in [0.25, 0.3) is 0 Å². The van der Waals surface area contributed by atoms with Gasteiger partial charge in [-0.3, -0.25) is 9.59 Å². The molecular weight excluding hydrogens is 314 g/mol. The third kappa shape index (κ3) is 8.35. The molecule has 0 aliphatic heterocycles. The van der Waals surface area contributed by atoms with Crippen LogP contribution in [0, 0.1) is 6.42 Å². The van der Waals surface area contributed by atoms with Crippen molar-refractivity contribution >= 4 is 29.3 Å². The highest BCUT2D eigenvalue weighted by Gasteiger charge is 2.08. The molecule has 1 aromatic carbocycles. The molecule has 0 aliphatic rings. The number of nitrogens with one attached hydrogen (secondary N) is 1. The summed E-state index contributed by atoms with van der Waals surface area (Å²) < 4.78 is 5.80. The third-order valence-corrected chi connectivity index (χ3v) is 3.76. The number of anilines is 1. The minimum absolute atomic E-state index is 0.0923. The largest absolute Gasteiger partial charge is 0.489 e. The van der Waals surface area contributed by atoms with Gasteiger partial charge in [-0.15, -0.1) is 0 Å². The van der Waals surface area contributed by atoms with Gasteiger partial charge in [-0.25, -0.2) is 0 Å². The summed E-state index contributed by atoms with van der Waals surface area (Å²) in [5.74, 6) is 0.923. The predicted octanol–water partition coefficient (Wildman–Crippen LogP) is 1.06. The first-order chi connectivity index (χ1) is 10.9. The van der Waals surface area contributed by atoms with Gasteiger partial charge in [0.15, 0.2) is 0 Å². The number of hydrogen-bond donors (Lipinski definition) is 2. The highest BCUT2D eigenvalue weighted by atomic mass is 32.2. The van der Waals surface area contributed by atoms with E-state index in [4.69, 9.17) is 10.5 Å². The van der Waals surface area contributed by atoms with E-state index in [0.717, 1.165) is 11.4 Å². The van der Waals surface area contributed by atoms with Gasteiger partial charge >= 0.3 is 0 Å². The lowest BCUT2D eigenvalue weighted by atomic mass is 10.3. The van der Waals surface area contributed by atoms with Crippen molar-refractivity contribution in [3.05, 3.63) is 30.7 Å². The number of amides is 2. The molecule has 0 saturated carbocycles. The molecule has 0 fully saturated rings. The third-order valence-electron chi connectivity index (χ3n) is 2.89. The fraction of sp³-hybridized carbons (Fsp3) is 0.438. The number of thioether (sulfide) groups is 1. The number of rotatable bonds is 10. The SMILES string of the molecule is CC(CNC(=O)CSC[CH]C(N)=O)Oc1cccc(N(C)C)c1. The van der Waals surface area contributed by atoms with Crippen LogP contribution in [-0.2, 0) is 9.59 Å². The Hall–Kier alpha value is -1.89. The quantitative estimate of drug-likeness (QED) is 0.623. The summed E-state index contributed by atoms with van der Waals surface area (Å²) in [6.45, 7) is 2.32. The molecule has 3 N–H and O–H groups in total. The standard InChI is InChI=1S/C16H24N3O3S/c1-12(10-18-16(21)11-23-8-7-15(17)20)22-14-6-4-5-13(9-14)19(2)3/h4-7,9,12H,8,10-11H2,1-3H3,(H2,17,20)(H,18,21). The summed E-state index contributed by atoms with van der Waals surface area (Å²) in [5.41, 5.74) is 6.04. The van der Waals surface area contributed by atoms with Crippen LogP contribution in [0.3, 0.4) is 0 Å². The summed E-state index contributed by atoms with van der Waals surface area (Å²) in [6.07, 6.45) is 1.21. The number of carbonyl (C=O) groups is 2. The highest BCUT2D eigenvalue weighted by molar-refractivity contribution is 8.00. The Morgan fingerprint density at radius 1 is 1.43 bits per heavy atom. The van der Waals surface area contributed by atoms with Crippen molar-refractivity contribution in [1.82, 2.24) is 5.32 Å². The maximum atomic E-state index is 11.7. The van der Waals surface area contributed by atoms with E-state index in [9.17, 15) is 9.59 Å². The van der Waals surface area contributed by atoms with Gasteiger partial charge in [0.05, 0.1) is 18.7 Å². The van der Waals surface area contributed by atoms with Gasteiger partial charge in [0.1, 0.15) is 11.9 Å². The maximum absolute atomic E-state index is 11.7. The van der Waals surface area contributed by atoms with Crippen molar-refractivity contribution in [2.24, 2.45) is 5.73 Å². The van der Waals surface area contributed by atoms with E-state index in [0.29, 0.717) is 12.3 Å². The normalized spacial score (nSPS) is 11.6. The van der Waals surface area contributed by atoms with Crippen LogP contribution in [-0.4, -0.2) is 50.1 Å². The smallest absolute Gasteiger partial charge is 0.230 e. The zero-order chi connectivity index (χ0) is 17.2. The Morgan fingerprint density at radius 2 is 2.17 bits per heavy atom. The zero-order valence-corrected chi connectivity index (χ0v) is 14.6. The van der Waals surface area contributed by atoms with Crippen LogP contribution >= 0.6 is 11.8 Å². The summed E-state index contributed by atoms with van der Waals surface area (Å²) in [4.78, 5) is 24.2. The Labute approximate surface area is 141 Å². The monoisotopic (exact) mass is 338 g/mol. The summed E-state index contributed by atoms with van der Waals surface area (Å²) >= 11 is 1.34. The fourth-order valence-electron chi connectivity index (χ4n) is 1.71. The molecule has 2 amide bonds. The number of benzene rings is 1. The van der Waals surface area contributed by atoms with E-state index in [2.05, 4.69) is 5.32 Å². The van der Waals surface area contributed by atoms with E-state index in [-0.39, 0.29) is 17.8 Å². The lowest BCUT2D eigenvalue weighted by Crippen LogP contribution is -2.34. The second-order valence-corrected chi connectivity index (χ2v) is 6.28. The molecular formula is C16H24N3O3S. The number of carbonyl (C=O) groups excluding carboxylic acids is 2. The minimum atomic E-state index is -0.472. The highest BCUT2D eigenvalue weighted by Crippen LogP contribution is 2.20. The first-order valence-electron chi connectivity index (χ1n) is 7.29. The second-order valence-electron chi connectivity index (χ2n) is 5.25. The minimum Gasteiger partial charge on any atom is -0.489 e. The molecule has 0 aliphatic carbocycles. The van der Waals surface area contributed by atoms with Crippen molar-refractivity contribution in [3.63, 3.8) is 0 Å². The molecule has 7 heteroatoms. The number of hydrogen-bond acceptors (Lipinski definition) is 5. The summed E-state index contributed by atoms with van der Waals surface area (Å²) in [7, 11) is 3.94. The topological polar surface area (TPSA) is 84.7 Å². The number of ether oxygens (including phenoxy) is 1. The molecule has 1 radical (unpaired) electrons. The molecule has 23 heavy (non-hydrogen) atoms. The van der Waals surface area contributed by atoms with E-state index in [1.165, 1.54) is 18.2 Å². The first-order valence-corrected chi connectivity index (χ1v) is 8.45. The van der Waals surface area contributed by atoms with Crippen molar-refractivity contribution in [3.8, 4) is 5.75 Å². The second kappa shape index (κ2) is 9.99. The predicted molar refractivity (Wildman–Crippen MR) is 94.7 cm³/mol. The molecule has 6 nitrogen and oxygen atoms in total. The van der Waals surface area contributed by atoms with Crippen molar-refractivity contribution in [2.75, 3.05) is 37.0 Å². The number of primary amides is 1. The summed E-state index contributed by atoms with van der Waals surface area (Å²) in [6, 6.07) is 7.77. The average molecular weight is 338 g/mol. The lowest BCUT2D eigenvalue weighted by molar-refractivity contribution is -0.119. The average Bonchev–Trinajstić information content (AvgIpc) is 2.49. The van der Waals surface area contributed by atoms with Crippen molar-refractivity contribution < 1.29 is 14.3 Å². The molecule has 1 atom stereocenters. The van der Waals surface area contributed by atoms with Crippen LogP contribution in [0.1, 0.15) is 6.92 Å². The number of nitrogens with zero attached hydrogens (tertiary/aromatic N) is 1. The molecule has 1 unspecified atom stereocenters. The zero-order valence-electron chi connectivity index (χ0n) is 13.7. The van der Waals surface area contributed by atoms with Gasteiger partial charge in [-0.2, -0.15) is 11.8 Å². The molecule has 0 heterocycles. The lowest BCUT2D eigenvalue weighted by Gasteiger charge is -2.18. The van der Waals surface area contributed by atoms with Gasteiger partial charge in [0.2, 0.25) is 11.8 Å². The fourth-order valence-corrected chi connectivity index (χ4v) is 2.40. The van der Waals surface area contributed by atoms with Crippen LogP contribution in [0.4, 0.5) is 5.69 Å². The van der Waals surface area contributed by atoms with Crippen molar-refractivity contribution in [1.29, 1.82) is 0 Å². The van der Waals surface area contributed by atoms with E-state index in [1.54, 1.807) is 0 Å². The van der Waals surface area contributed by atoms with Crippen LogP contribution in [0.15, 0.2) is 24.3 Å². The molecule has 0 bridgehead atoms.